The van der Waals surface area contributed by atoms with E-state index in [0.717, 1.165) is 36.6 Å². The van der Waals surface area contributed by atoms with E-state index in [1.165, 1.54) is 11.3 Å². The van der Waals surface area contributed by atoms with E-state index in [1.54, 1.807) is 16.7 Å². The molecule has 1 atom stereocenters. The van der Waals surface area contributed by atoms with Gasteiger partial charge in [0.2, 0.25) is 0 Å². The Morgan fingerprint density at radius 1 is 1.53 bits per heavy atom. The number of nitrogens with zero attached hydrogens (tertiary/aromatic N) is 3. The number of piperidine rings is 1. The third-order valence-electron chi connectivity index (χ3n) is 3.60. The minimum atomic E-state index is -0.0167. The highest BCUT2D eigenvalue weighted by molar-refractivity contribution is 7.15. The molecule has 0 amide bonds. The number of hydrogen-bond donors (Lipinski definition) is 1. The Morgan fingerprint density at radius 3 is 3.26 bits per heavy atom. The number of hydrogen-bond acceptors (Lipinski definition) is 5. The first-order valence-corrected chi connectivity index (χ1v) is 7.43. The highest BCUT2D eigenvalue weighted by Gasteiger charge is 2.19. The average molecular weight is 279 g/mol. The van der Waals surface area contributed by atoms with Crippen LogP contribution >= 0.6 is 11.3 Å². The van der Waals surface area contributed by atoms with Gasteiger partial charge in [0.25, 0.3) is 5.56 Å². The summed E-state index contributed by atoms with van der Waals surface area (Å²) in [5.74, 6) is 0.361. The average Bonchev–Trinajstić information content (AvgIpc) is 2.88. The minimum Gasteiger partial charge on any atom is -0.396 e. The Labute approximate surface area is 115 Å². The van der Waals surface area contributed by atoms with E-state index in [9.17, 15) is 9.90 Å². The van der Waals surface area contributed by atoms with Gasteiger partial charge in [-0.25, -0.2) is 4.98 Å². The smallest absolute Gasteiger partial charge is 0.258 e. The summed E-state index contributed by atoms with van der Waals surface area (Å²) in [6.07, 6.45) is 3.94. The van der Waals surface area contributed by atoms with Crippen molar-refractivity contribution in [3.63, 3.8) is 0 Å². The fourth-order valence-electron chi connectivity index (χ4n) is 2.64. The lowest BCUT2D eigenvalue weighted by Gasteiger charge is -2.31. The maximum atomic E-state index is 11.9. The SMILES string of the molecule is O=c1cc(CN2CCCC(CO)C2)nc2sccn12. The Kier molecular flexibility index (Phi) is 3.63. The standard InChI is InChI=1S/C13H17N3O2S/c17-9-10-2-1-3-15(7-10)8-11-6-12(18)16-4-5-19-13(16)14-11/h4-6,10,17H,1-3,7-9H2. The highest BCUT2D eigenvalue weighted by atomic mass is 32.1. The Hall–Kier alpha value is -1.24. The van der Waals surface area contributed by atoms with Gasteiger partial charge in [-0.05, 0) is 25.3 Å². The van der Waals surface area contributed by atoms with Crippen molar-refractivity contribution in [2.75, 3.05) is 19.7 Å². The van der Waals surface area contributed by atoms with E-state index in [1.807, 2.05) is 5.38 Å². The quantitative estimate of drug-likeness (QED) is 0.909. The Bertz CT molecular complexity index is 622. The van der Waals surface area contributed by atoms with E-state index in [2.05, 4.69) is 9.88 Å². The van der Waals surface area contributed by atoms with Crippen molar-refractivity contribution in [1.82, 2.24) is 14.3 Å². The molecule has 2 aromatic heterocycles. The van der Waals surface area contributed by atoms with Crippen LogP contribution in [0.15, 0.2) is 22.4 Å². The molecule has 102 valence electrons. The second kappa shape index (κ2) is 5.40. The molecule has 1 N–H and O–H groups in total. The van der Waals surface area contributed by atoms with Crippen LogP contribution in [0.3, 0.4) is 0 Å². The summed E-state index contributed by atoms with van der Waals surface area (Å²) in [5, 5.41) is 11.1. The zero-order valence-corrected chi connectivity index (χ0v) is 11.5. The number of likely N-dealkylation sites (tertiary alicyclic amines) is 1. The maximum Gasteiger partial charge on any atom is 0.258 e. The summed E-state index contributed by atoms with van der Waals surface area (Å²) in [7, 11) is 0. The van der Waals surface area contributed by atoms with Crippen LogP contribution in [0.4, 0.5) is 0 Å². The number of aliphatic hydroxyl groups is 1. The summed E-state index contributed by atoms with van der Waals surface area (Å²) in [4.78, 5) is 19.4. The molecular weight excluding hydrogens is 262 g/mol. The van der Waals surface area contributed by atoms with Crippen molar-refractivity contribution in [3.8, 4) is 0 Å². The molecule has 0 aromatic carbocycles. The van der Waals surface area contributed by atoms with Gasteiger partial charge in [-0.2, -0.15) is 0 Å². The van der Waals surface area contributed by atoms with Crippen molar-refractivity contribution in [2.24, 2.45) is 5.92 Å². The van der Waals surface area contributed by atoms with Crippen LogP contribution in [0.1, 0.15) is 18.5 Å². The van der Waals surface area contributed by atoms with Gasteiger partial charge in [-0.3, -0.25) is 14.1 Å². The lowest BCUT2D eigenvalue weighted by molar-refractivity contribution is 0.115. The van der Waals surface area contributed by atoms with Gasteiger partial charge in [-0.1, -0.05) is 0 Å². The molecule has 0 spiro atoms. The predicted octanol–water partition coefficient (Wildman–Crippen LogP) is 0.960. The molecule has 1 unspecified atom stereocenters. The molecule has 1 aliphatic heterocycles. The van der Waals surface area contributed by atoms with Gasteiger partial charge in [-0.15, -0.1) is 11.3 Å². The summed E-state index contributed by atoms with van der Waals surface area (Å²) in [6.45, 7) is 2.85. The van der Waals surface area contributed by atoms with Gasteiger partial charge >= 0.3 is 0 Å². The first-order valence-electron chi connectivity index (χ1n) is 6.55. The van der Waals surface area contributed by atoms with Crippen LogP contribution in [-0.4, -0.2) is 39.1 Å². The normalized spacial score (nSPS) is 21.0. The molecule has 1 saturated heterocycles. The molecule has 2 aromatic rings. The van der Waals surface area contributed by atoms with E-state index in [4.69, 9.17) is 0 Å². The predicted molar refractivity (Wildman–Crippen MR) is 74.4 cm³/mol. The van der Waals surface area contributed by atoms with Gasteiger partial charge in [0.1, 0.15) is 0 Å². The first kappa shape index (κ1) is 12.8. The van der Waals surface area contributed by atoms with Crippen LogP contribution in [0.25, 0.3) is 4.96 Å². The van der Waals surface area contributed by atoms with Crippen LogP contribution < -0.4 is 5.56 Å². The largest absolute Gasteiger partial charge is 0.396 e. The molecule has 3 rings (SSSR count). The van der Waals surface area contributed by atoms with E-state index in [0.29, 0.717) is 12.5 Å². The van der Waals surface area contributed by atoms with Crippen molar-refractivity contribution >= 4 is 16.3 Å². The van der Waals surface area contributed by atoms with Gasteiger partial charge in [0, 0.05) is 37.3 Å². The number of aromatic nitrogens is 2. The number of fused-ring (bicyclic) bond motifs is 1. The summed E-state index contributed by atoms with van der Waals surface area (Å²) >= 11 is 1.48. The lowest BCUT2D eigenvalue weighted by atomic mass is 9.99. The molecule has 3 heterocycles. The van der Waals surface area contributed by atoms with Gasteiger partial charge in [0.05, 0.1) is 5.69 Å². The van der Waals surface area contributed by atoms with E-state index < -0.39 is 0 Å². The number of rotatable bonds is 3. The van der Waals surface area contributed by atoms with Crippen LogP contribution in [0.5, 0.6) is 0 Å². The zero-order chi connectivity index (χ0) is 13.2. The second-order valence-electron chi connectivity index (χ2n) is 5.07. The van der Waals surface area contributed by atoms with Crippen molar-refractivity contribution < 1.29 is 5.11 Å². The van der Waals surface area contributed by atoms with Crippen LogP contribution in [0, 0.1) is 5.92 Å². The molecule has 19 heavy (non-hydrogen) atoms. The zero-order valence-electron chi connectivity index (χ0n) is 10.7. The molecular formula is C13H17N3O2S. The van der Waals surface area contributed by atoms with Gasteiger partial charge in [0.15, 0.2) is 4.96 Å². The summed E-state index contributed by atoms with van der Waals surface area (Å²) in [6, 6.07) is 1.61. The third kappa shape index (κ3) is 2.70. The van der Waals surface area contributed by atoms with E-state index >= 15 is 0 Å². The second-order valence-corrected chi connectivity index (χ2v) is 5.94. The monoisotopic (exact) mass is 279 g/mol. The highest BCUT2D eigenvalue weighted by Crippen LogP contribution is 2.17. The maximum absolute atomic E-state index is 11.9. The Balaban J connectivity index is 1.79. The molecule has 0 saturated carbocycles. The fourth-order valence-corrected chi connectivity index (χ4v) is 3.38. The molecule has 0 radical (unpaired) electrons. The molecule has 0 bridgehead atoms. The number of aliphatic hydroxyl groups excluding tert-OH is 1. The van der Waals surface area contributed by atoms with Gasteiger partial charge < -0.3 is 5.11 Å². The fraction of sp³-hybridized carbons (Fsp3) is 0.538. The topological polar surface area (TPSA) is 57.8 Å². The Morgan fingerprint density at radius 2 is 2.42 bits per heavy atom. The molecule has 6 heteroatoms. The molecule has 1 aliphatic rings. The van der Waals surface area contributed by atoms with Crippen LogP contribution in [-0.2, 0) is 6.54 Å². The lowest BCUT2D eigenvalue weighted by Crippen LogP contribution is -2.36. The molecule has 1 fully saturated rings. The minimum absolute atomic E-state index is 0.0167. The molecule has 5 nitrogen and oxygen atoms in total. The first-order chi connectivity index (χ1) is 9.26. The van der Waals surface area contributed by atoms with Crippen molar-refractivity contribution in [3.05, 3.63) is 33.7 Å². The van der Waals surface area contributed by atoms with E-state index in [-0.39, 0.29) is 12.2 Å². The summed E-state index contributed by atoms with van der Waals surface area (Å²) < 4.78 is 1.57. The summed E-state index contributed by atoms with van der Waals surface area (Å²) in [5.41, 5.74) is 0.808. The van der Waals surface area contributed by atoms with Crippen LogP contribution in [0.2, 0.25) is 0 Å². The number of thiazole rings is 1. The third-order valence-corrected chi connectivity index (χ3v) is 4.36. The van der Waals surface area contributed by atoms with Crippen molar-refractivity contribution in [2.45, 2.75) is 19.4 Å². The van der Waals surface area contributed by atoms with Crippen molar-refractivity contribution in [1.29, 1.82) is 0 Å². The molecule has 0 aliphatic carbocycles.